The molecule has 5 aromatic rings. The highest BCUT2D eigenvalue weighted by atomic mass is 16.5. The van der Waals surface area contributed by atoms with Crippen molar-refractivity contribution in [3.05, 3.63) is 105 Å². The highest BCUT2D eigenvalue weighted by molar-refractivity contribution is 5.78. The van der Waals surface area contributed by atoms with Crippen LogP contribution in [0.2, 0.25) is 0 Å². The fourth-order valence-corrected chi connectivity index (χ4v) is 4.00. The minimum atomic E-state index is -0.474. The minimum Gasteiger partial charge on any atom is -0.494 e. The largest absolute Gasteiger partial charge is 0.494 e. The highest BCUT2D eigenvalue weighted by Crippen LogP contribution is 2.21. The highest BCUT2D eigenvalue weighted by Gasteiger charge is 2.17. The number of fused-ring (bicyclic) bond motifs is 1. The van der Waals surface area contributed by atoms with Gasteiger partial charge in [-0.2, -0.15) is 4.98 Å². The Bertz CT molecular complexity index is 1650. The molecule has 0 amide bonds. The topological polar surface area (TPSA) is 92.2 Å². The van der Waals surface area contributed by atoms with E-state index in [1.165, 1.54) is 9.13 Å². The Balaban J connectivity index is 1.59. The van der Waals surface area contributed by atoms with Gasteiger partial charge in [0.2, 0.25) is 11.7 Å². The van der Waals surface area contributed by atoms with Gasteiger partial charge >= 0.3 is 5.69 Å². The van der Waals surface area contributed by atoms with E-state index in [1.54, 1.807) is 30.3 Å². The molecule has 5 rings (SSSR count). The van der Waals surface area contributed by atoms with Gasteiger partial charge in [-0.1, -0.05) is 23.4 Å². The minimum absolute atomic E-state index is 0.0223. The van der Waals surface area contributed by atoms with E-state index in [0.717, 1.165) is 22.4 Å². The number of benzene rings is 3. The smallest absolute Gasteiger partial charge is 0.336 e. The van der Waals surface area contributed by atoms with E-state index in [4.69, 9.17) is 9.26 Å². The van der Waals surface area contributed by atoms with Crippen LogP contribution >= 0.6 is 0 Å². The van der Waals surface area contributed by atoms with Crippen molar-refractivity contribution in [2.45, 2.75) is 27.3 Å². The maximum absolute atomic E-state index is 13.6. The van der Waals surface area contributed by atoms with Crippen molar-refractivity contribution in [2.24, 2.45) is 0 Å². The van der Waals surface area contributed by atoms with Crippen molar-refractivity contribution >= 4 is 10.9 Å². The Morgan fingerprint density at radius 3 is 2.46 bits per heavy atom. The Kier molecular flexibility index (Phi) is 5.78. The molecular weight excluding hydrogens is 444 g/mol. The van der Waals surface area contributed by atoms with Gasteiger partial charge < -0.3 is 9.26 Å². The van der Waals surface area contributed by atoms with Gasteiger partial charge in [0, 0.05) is 5.56 Å². The molecule has 8 nitrogen and oxygen atoms in total. The third kappa shape index (κ3) is 4.14. The molecule has 0 bridgehead atoms. The lowest BCUT2D eigenvalue weighted by Gasteiger charge is -2.13. The molecule has 2 aromatic heterocycles. The first kappa shape index (κ1) is 22.3. The summed E-state index contributed by atoms with van der Waals surface area (Å²) in [5, 5.41) is 4.50. The first-order chi connectivity index (χ1) is 17.0. The van der Waals surface area contributed by atoms with Gasteiger partial charge in [-0.05, 0) is 80.4 Å². The second kappa shape index (κ2) is 9.06. The number of rotatable bonds is 6. The first-order valence-electron chi connectivity index (χ1n) is 11.3. The van der Waals surface area contributed by atoms with Crippen molar-refractivity contribution in [1.82, 2.24) is 19.3 Å². The average molecular weight is 469 g/mol. The summed E-state index contributed by atoms with van der Waals surface area (Å²) in [5.41, 5.74) is 3.01. The van der Waals surface area contributed by atoms with Crippen LogP contribution < -0.4 is 16.0 Å². The number of aryl methyl sites for hydroxylation is 2. The molecule has 0 spiro atoms. The van der Waals surface area contributed by atoms with Crippen molar-refractivity contribution in [3.8, 4) is 22.8 Å². The second-order valence-electron chi connectivity index (χ2n) is 8.26. The van der Waals surface area contributed by atoms with Crippen LogP contribution in [0.4, 0.5) is 0 Å². The van der Waals surface area contributed by atoms with Gasteiger partial charge in [-0.3, -0.25) is 9.36 Å². The molecule has 0 saturated carbocycles. The fourth-order valence-electron chi connectivity index (χ4n) is 4.00. The van der Waals surface area contributed by atoms with E-state index in [9.17, 15) is 9.59 Å². The Morgan fingerprint density at radius 1 is 0.943 bits per heavy atom. The third-order valence-electron chi connectivity index (χ3n) is 5.98. The predicted octanol–water partition coefficient (Wildman–Crippen LogP) is 4.27. The van der Waals surface area contributed by atoms with Crippen LogP contribution in [0.1, 0.15) is 23.9 Å². The van der Waals surface area contributed by atoms with Gasteiger partial charge in [0.05, 0.1) is 23.2 Å². The quantitative estimate of drug-likeness (QED) is 0.370. The van der Waals surface area contributed by atoms with Crippen molar-refractivity contribution < 1.29 is 9.26 Å². The fraction of sp³-hybridized carbons (Fsp3) is 0.185. The number of ether oxygens (including phenoxy) is 1. The Morgan fingerprint density at radius 2 is 1.71 bits per heavy atom. The van der Waals surface area contributed by atoms with Gasteiger partial charge in [0.15, 0.2) is 0 Å². The Hall–Kier alpha value is -4.46. The molecule has 0 fully saturated rings. The second-order valence-corrected chi connectivity index (χ2v) is 8.26. The molecule has 0 aliphatic carbocycles. The SMILES string of the molecule is CCOc1ccc(-c2noc(Cn3c(=O)n(-c4ccc(C)c(C)c4)c(=O)c4ccccc43)n2)cc1. The molecule has 0 aliphatic heterocycles. The summed E-state index contributed by atoms with van der Waals surface area (Å²) in [6.07, 6.45) is 0. The van der Waals surface area contributed by atoms with Gasteiger partial charge in [0.25, 0.3) is 5.56 Å². The van der Waals surface area contributed by atoms with Crippen LogP contribution in [-0.2, 0) is 6.54 Å². The maximum Gasteiger partial charge on any atom is 0.336 e. The van der Waals surface area contributed by atoms with Crippen LogP contribution in [0.3, 0.4) is 0 Å². The summed E-state index contributed by atoms with van der Waals surface area (Å²) in [6, 6.07) is 19.9. The van der Waals surface area contributed by atoms with Crippen LogP contribution in [0.15, 0.2) is 80.8 Å². The van der Waals surface area contributed by atoms with Gasteiger partial charge in [0.1, 0.15) is 12.3 Å². The van der Waals surface area contributed by atoms with E-state index in [0.29, 0.717) is 29.0 Å². The van der Waals surface area contributed by atoms with Crippen molar-refractivity contribution in [1.29, 1.82) is 0 Å². The molecule has 176 valence electrons. The molecule has 2 heterocycles. The maximum atomic E-state index is 13.6. The summed E-state index contributed by atoms with van der Waals surface area (Å²) in [5.74, 6) is 1.42. The molecule has 0 atom stereocenters. The number of hydrogen-bond acceptors (Lipinski definition) is 6. The van der Waals surface area contributed by atoms with Crippen LogP contribution in [-0.4, -0.2) is 25.9 Å². The predicted molar refractivity (Wildman–Crippen MR) is 133 cm³/mol. The average Bonchev–Trinajstić information content (AvgIpc) is 3.33. The zero-order valence-electron chi connectivity index (χ0n) is 19.7. The summed E-state index contributed by atoms with van der Waals surface area (Å²) >= 11 is 0. The van der Waals surface area contributed by atoms with Gasteiger partial charge in [-0.15, -0.1) is 0 Å². The monoisotopic (exact) mass is 468 g/mol. The standard InChI is InChI=1S/C27H24N4O4/c1-4-34-21-13-10-19(11-14-21)25-28-24(35-29-25)16-30-23-8-6-5-7-22(23)26(32)31(27(30)33)20-12-9-17(2)18(3)15-20/h5-15H,4,16H2,1-3H3. The lowest BCUT2D eigenvalue weighted by molar-refractivity contribution is 0.340. The molecule has 0 aliphatic rings. The summed E-state index contributed by atoms with van der Waals surface area (Å²) < 4.78 is 13.6. The molecule has 0 saturated heterocycles. The van der Waals surface area contributed by atoms with Crippen LogP contribution in [0, 0.1) is 13.8 Å². The van der Waals surface area contributed by atoms with Gasteiger partial charge in [-0.25, -0.2) is 9.36 Å². The number of aromatic nitrogens is 4. The molecule has 8 heteroatoms. The van der Waals surface area contributed by atoms with E-state index in [-0.39, 0.29) is 18.0 Å². The lowest BCUT2D eigenvalue weighted by Crippen LogP contribution is -2.39. The first-order valence-corrected chi connectivity index (χ1v) is 11.3. The molecule has 35 heavy (non-hydrogen) atoms. The van der Waals surface area contributed by atoms with Crippen LogP contribution in [0.25, 0.3) is 28.0 Å². The summed E-state index contributed by atoms with van der Waals surface area (Å²) in [4.78, 5) is 31.4. The van der Waals surface area contributed by atoms with E-state index >= 15 is 0 Å². The number of para-hydroxylation sites is 1. The molecule has 3 aromatic carbocycles. The summed E-state index contributed by atoms with van der Waals surface area (Å²) in [7, 11) is 0. The number of hydrogen-bond donors (Lipinski definition) is 0. The summed E-state index contributed by atoms with van der Waals surface area (Å²) in [6.45, 7) is 6.46. The van der Waals surface area contributed by atoms with E-state index in [1.807, 2.05) is 57.2 Å². The molecular formula is C27H24N4O4. The molecule has 0 unspecified atom stereocenters. The van der Waals surface area contributed by atoms with E-state index < -0.39 is 5.69 Å². The molecule has 0 N–H and O–H groups in total. The third-order valence-corrected chi connectivity index (χ3v) is 5.98. The number of nitrogens with zero attached hydrogens (tertiary/aromatic N) is 4. The normalized spacial score (nSPS) is 11.2. The zero-order valence-corrected chi connectivity index (χ0v) is 19.7. The van der Waals surface area contributed by atoms with Crippen molar-refractivity contribution in [3.63, 3.8) is 0 Å². The van der Waals surface area contributed by atoms with Crippen molar-refractivity contribution in [2.75, 3.05) is 6.61 Å². The van der Waals surface area contributed by atoms with Crippen LogP contribution in [0.5, 0.6) is 5.75 Å². The van der Waals surface area contributed by atoms with E-state index in [2.05, 4.69) is 10.1 Å². The Labute approximate surface area is 201 Å². The molecule has 0 radical (unpaired) electrons. The zero-order chi connectivity index (χ0) is 24.5. The lowest BCUT2D eigenvalue weighted by atomic mass is 10.1.